The van der Waals surface area contributed by atoms with E-state index in [0.29, 0.717) is 30.9 Å². The Kier molecular flexibility index (Phi) is 6.28. The molecule has 2 aromatic carbocycles. The topological polar surface area (TPSA) is 67.7 Å². The van der Waals surface area contributed by atoms with E-state index in [4.69, 9.17) is 5.26 Å². The Morgan fingerprint density at radius 1 is 1.00 bits per heavy atom. The number of anilines is 2. The van der Waals surface area contributed by atoms with Crippen LogP contribution in [0.4, 0.5) is 11.4 Å². The van der Waals surface area contributed by atoms with Gasteiger partial charge >= 0.3 is 0 Å². The average molecular weight is 376 g/mol. The lowest BCUT2D eigenvalue weighted by Gasteiger charge is -2.36. The Hall–Kier alpha value is -3.33. The second kappa shape index (κ2) is 9.05. The quantitative estimate of drug-likeness (QED) is 0.805. The molecule has 6 nitrogen and oxygen atoms in total. The minimum atomic E-state index is -0.119. The zero-order chi connectivity index (χ0) is 19.9. The van der Waals surface area contributed by atoms with Gasteiger partial charge in [-0.1, -0.05) is 18.2 Å². The van der Waals surface area contributed by atoms with Gasteiger partial charge in [-0.25, -0.2) is 0 Å². The van der Waals surface area contributed by atoms with Gasteiger partial charge in [-0.15, -0.1) is 0 Å². The number of carbonyl (C=O) groups is 2. The van der Waals surface area contributed by atoms with E-state index in [1.165, 1.54) is 12.6 Å². The molecule has 2 aromatic rings. The highest BCUT2D eigenvalue weighted by Gasteiger charge is 2.22. The molecule has 0 unspecified atom stereocenters. The van der Waals surface area contributed by atoms with Gasteiger partial charge in [0.05, 0.1) is 11.6 Å². The van der Waals surface area contributed by atoms with Crippen molar-refractivity contribution >= 4 is 23.2 Å². The SMILES string of the molecule is CC(=O)N(CCC(=O)N1CCN(c2ccccc2)CC1)c1ccc(C#N)cc1. The Morgan fingerprint density at radius 2 is 1.64 bits per heavy atom. The van der Waals surface area contributed by atoms with Crippen LogP contribution in [0.2, 0.25) is 0 Å². The summed E-state index contributed by atoms with van der Waals surface area (Å²) in [6.07, 6.45) is 0.283. The third-order valence-corrected chi connectivity index (χ3v) is 4.99. The highest BCUT2D eigenvalue weighted by molar-refractivity contribution is 5.92. The van der Waals surface area contributed by atoms with Crippen LogP contribution in [0.25, 0.3) is 0 Å². The van der Waals surface area contributed by atoms with E-state index in [9.17, 15) is 9.59 Å². The number of piperazine rings is 1. The van der Waals surface area contributed by atoms with Gasteiger partial charge in [-0.2, -0.15) is 5.26 Å². The monoisotopic (exact) mass is 376 g/mol. The van der Waals surface area contributed by atoms with Crippen LogP contribution in [0.3, 0.4) is 0 Å². The summed E-state index contributed by atoms with van der Waals surface area (Å²) >= 11 is 0. The molecule has 144 valence electrons. The summed E-state index contributed by atoms with van der Waals surface area (Å²) in [6.45, 7) is 4.80. The molecule has 0 N–H and O–H groups in total. The van der Waals surface area contributed by atoms with Crippen LogP contribution in [0.1, 0.15) is 18.9 Å². The second-order valence-corrected chi connectivity index (χ2v) is 6.78. The lowest BCUT2D eigenvalue weighted by Crippen LogP contribution is -2.49. The molecule has 28 heavy (non-hydrogen) atoms. The lowest BCUT2D eigenvalue weighted by molar-refractivity contribution is -0.131. The van der Waals surface area contributed by atoms with Crippen LogP contribution in [-0.2, 0) is 9.59 Å². The fourth-order valence-corrected chi connectivity index (χ4v) is 3.40. The Morgan fingerprint density at radius 3 is 2.21 bits per heavy atom. The smallest absolute Gasteiger partial charge is 0.224 e. The molecule has 6 heteroatoms. The van der Waals surface area contributed by atoms with E-state index < -0.39 is 0 Å². The molecule has 0 spiro atoms. The molecule has 1 fully saturated rings. The normalized spacial score (nSPS) is 13.7. The van der Waals surface area contributed by atoms with Gasteiger partial charge in [0.1, 0.15) is 0 Å². The van der Waals surface area contributed by atoms with Crippen molar-refractivity contribution in [2.24, 2.45) is 0 Å². The molecule has 0 atom stereocenters. The van der Waals surface area contributed by atoms with Gasteiger partial charge in [0.2, 0.25) is 11.8 Å². The molecule has 1 heterocycles. The molecule has 1 saturated heterocycles. The number of rotatable bonds is 5. The molecule has 1 aliphatic rings. The van der Waals surface area contributed by atoms with Crippen molar-refractivity contribution in [2.45, 2.75) is 13.3 Å². The molecular formula is C22H24N4O2. The standard InChI is InChI=1S/C22H24N4O2/c1-18(27)26(21-9-7-19(17-23)8-10-21)12-11-22(28)25-15-13-24(14-16-25)20-5-3-2-4-6-20/h2-10H,11-16H2,1H3. The largest absolute Gasteiger partial charge is 0.368 e. The lowest BCUT2D eigenvalue weighted by atomic mass is 10.2. The highest BCUT2D eigenvalue weighted by Crippen LogP contribution is 2.18. The third-order valence-electron chi connectivity index (χ3n) is 4.99. The average Bonchev–Trinajstić information content (AvgIpc) is 2.74. The number of para-hydroxylation sites is 1. The summed E-state index contributed by atoms with van der Waals surface area (Å²) in [6, 6.07) is 19.1. The summed E-state index contributed by atoms with van der Waals surface area (Å²) in [7, 11) is 0. The van der Waals surface area contributed by atoms with Crippen molar-refractivity contribution in [3.63, 3.8) is 0 Å². The predicted octanol–water partition coefficient (Wildman–Crippen LogP) is 2.65. The molecular weight excluding hydrogens is 352 g/mol. The van der Waals surface area contributed by atoms with E-state index >= 15 is 0 Å². The minimum Gasteiger partial charge on any atom is -0.368 e. The number of nitriles is 1. The molecule has 3 rings (SSSR count). The first-order chi connectivity index (χ1) is 13.6. The van der Waals surface area contributed by atoms with Gasteiger partial charge in [-0.05, 0) is 36.4 Å². The number of hydrogen-bond donors (Lipinski definition) is 0. The van der Waals surface area contributed by atoms with Gasteiger partial charge in [0.15, 0.2) is 0 Å². The fourth-order valence-electron chi connectivity index (χ4n) is 3.40. The summed E-state index contributed by atoms with van der Waals surface area (Å²) in [4.78, 5) is 30.4. The number of benzene rings is 2. The molecule has 0 radical (unpaired) electrons. The first-order valence-corrected chi connectivity index (χ1v) is 9.44. The molecule has 0 aliphatic carbocycles. The Labute approximate surface area is 165 Å². The zero-order valence-electron chi connectivity index (χ0n) is 16.0. The first-order valence-electron chi connectivity index (χ1n) is 9.44. The summed E-state index contributed by atoms with van der Waals surface area (Å²) in [5.74, 6) is -0.0565. The molecule has 0 saturated carbocycles. The molecule has 0 aromatic heterocycles. The zero-order valence-corrected chi connectivity index (χ0v) is 16.0. The summed E-state index contributed by atoms with van der Waals surface area (Å²) in [5, 5.41) is 8.90. The minimum absolute atomic E-state index is 0.0626. The van der Waals surface area contributed by atoms with Crippen LogP contribution >= 0.6 is 0 Å². The predicted molar refractivity (Wildman–Crippen MR) is 109 cm³/mol. The number of carbonyl (C=O) groups excluding carboxylic acids is 2. The van der Waals surface area contributed by atoms with Gasteiger partial charge in [0, 0.05) is 57.4 Å². The van der Waals surface area contributed by atoms with E-state index in [1.54, 1.807) is 29.2 Å². The van der Waals surface area contributed by atoms with Crippen LogP contribution in [0.5, 0.6) is 0 Å². The highest BCUT2D eigenvalue weighted by atomic mass is 16.2. The second-order valence-electron chi connectivity index (χ2n) is 6.78. The molecule has 2 amide bonds. The maximum absolute atomic E-state index is 12.6. The van der Waals surface area contributed by atoms with Gasteiger partial charge < -0.3 is 14.7 Å². The molecule has 0 bridgehead atoms. The number of nitrogens with zero attached hydrogens (tertiary/aromatic N) is 4. The van der Waals surface area contributed by atoms with Crippen molar-refractivity contribution in [3.05, 3.63) is 60.2 Å². The van der Waals surface area contributed by atoms with Crippen LogP contribution in [0, 0.1) is 11.3 Å². The summed E-state index contributed by atoms with van der Waals surface area (Å²) in [5.41, 5.74) is 2.42. The van der Waals surface area contributed by atoms with E-state index in [2.05, 4.69) is 23.1 Å². The van der Waals surface area contributed by atoms with Crippen LogP contribution in [0.15, 0.2) is 54.6 Å². The van der Waals surface area contributed by atoms with E-state index in [1.807, 2.05) is 23.1 Å². The van der Waals surface area contributed by atoms with Crippen molar-refractivity contribution < 1.29 is 9.59 Å². The molecule has 1 aliphatic heterocycles. The third kappa shape index (κ3) is 4.68. The van der Waals surface area contributed by atoms with E-state index in [-0.39, 0.29) is 18.2 Å². The summed E-state index contributed by atoms with van der Waals surface area (Å²) < 4.78 is 0. The number of amides is 2. The Balaban J connectivity index is 1.54. The maximum Gasteiger partial charge on any atom is 0.224 e. The maximum atomic E-state index is 12.6. The van der Waals surface area contributed by atoms with Crippen molar-refractivity contribution in [3.8, 4) is 6.07 Å². The van der Waals surface area contributed by atoms with Gasteiger partial charge in [-0.3, -0.25) is 9.59 Å². The van der Waals surface area contributed by atoms with E-state index in [0.717, 1.165) is 13.1 Å². The van der Waals surface area contributed by atoms with Crippen LogP contribution in [-0.4, -0.2) is 49.4 Å². The first kappa shape index (κ1) is 19.4. The van der Waals surface area contributed by atoms with Crippen molar-refractivity contribution in [1.29, 1.82) is 5.26 Å². The van der Waals surface area contributed by atoms with Crippen LogP contribution < -0.4 is 9.80 Å². The van der Waals surface area contributed by atoms with Crippen molar-refractivity contribution in [2.75, 3.05) is 42.5 Å². The van der Waals surface area contributed by atoms with Crippen molar-refractivity contribution in [1.82, 2.24) is 4.90 Å². The van der Waals surface area contributed by atoms with Gasteiger partial charge in [0.25, 0.3) is 0 Å². The number of hydrogen-bond acceptors (Lipinski definition) is 4. The Bertz CT molecular complexity index is 850. The fraction of sp³-hybridized carbons (Fsp3) is 0.318.